The third kappa shape index (κ3) is 3.89. The monoisotopic (exact) mass is 366 g/mol. The van der Waals surface area contributed by atoms with Gasteiger partial charge >= 0.3 is 5.97 Å². The van der Waals surface area contributed by atoms with E-state index in [1.54, 1.807) is 17.2 Å². The van der Waals surface area contributed by atoms with Crippen LogP contribution in [0.3, 0.4) is 0 Å². The maximum Gasteiger partial charge on any atom is 0.344 e. The molecule has 8 nitrogen and oxygen atoms in total. The Bertz CT molecular complexity index is 925. The average molecular weight is 366 g/mol. The lowest BCUT2D eigenvalue weighted by molar-refractivity contribution is -0.145. The number of aromatic nitrogens is 4. The van der Waals surface area contributed by atoms with Crippen molar-refractivity contribution >= 4 is 5.97 Å². The highest BCUT2D eigenvalue weighted by molar-refractivity contribution is 5.73. The number of hydrogen-bond acceptors (Lipinski definition) is 6. The van der Waals surface area contributed by atoms with E-state index < -0.39 is 12.1 Å². The molecule has 0 aliphatic carbocycles. The first kappa shape index (κ1) is 17.0. The van der Waals surface area contributed by atoms with Gasteiger partial charge in [0, 0.05) is 6.42 Å². The molecule has 1 aliphatic rings. The number of carbonyl (C=O) groups is 1. The van der Waals surface area contributed by atoms with Crippen LogP contribution in [0.2, 0.25) is 0 Å². The van der Waals surface area contributed by atoms with Gasteiger partial charge in [0.1, 0.15) is 24.2 Å². The van der Waals surface area contributed by atoms with E-state index >= 15 is 0 Å². The van der Waals surface area contributed by atoms with Crippen LogP contribution in [0, 0.1) is 0 Å². The maximum atomic E-state index is 11.1. The van der Waals surface area contributed by atoms with Gasteiger partial charge in [0.2, 0.25) is 0 Å². The van der Waals surface area contributed by atoms with E-state index in [0.29, 0.717) is 43.2 Å². The number of carboxylic acid groups (broad SMARTS) is 1. The quantitative estimate of drug-likeness (QED) is 0.713. The van der Waals surface area contributed by atoms with Crippen LogP contribution >= 0.6 is 0 Å². The number of nitrogens with zero attached hydrogens (tertiary/aromatic N) is 4. The standard InChI is InChI=1S/C19H18N4O4/c24-19(25)16-5-3-14-2-1-13(9-17(14)27-16)7-8-26-15-4-6-18(21-10-15)23-12-20-11-22-23/h1-2,4,6,9-12,16H,3,5,7-8H2,(H,24,25). The summed E-state index contributed by atoms with van der Waals surface area (Å²) in [5.74, 6) is 1.07. The van der Waals surface area contributed by atoms with Gasteiger partial charge in [0.15, 0.2) is 11.9 Å². The summed E-state index contributed by atoms with van der Waals surface area (Å²) in [6.45, 7) is 0.478. The molecule has 0 saturated heterocycles. The SMILES string of the molecule is O=C(O)C1CCc2ccc(CCOc3ccc(-n4cncn4)nc3)cc2O1. The summed E-state index contributed by atoms with van der Waals surface area (Å²) < 4.78 is 12.9. The first-order valence-electron chi connectivity index (χ1n) is 8.64. The molecule has 1 N–H and O–H groups in total. The van der Waals surface area contributed by atoms with Gasteiger partial charge in [-0.15, -0.1) is 0 Å². The van der Waals surface area contributed by atoms with E-state index in [4.69, 9.17) is 14.6 Å². The van der Waals surface area contributed by atoms with E-state index in [1.807, 2.05) is 30.3 Å². The number of fused-ring (bicyclic) bond motifs is 1. The van der Waals surface area contributed by atoms with Crippen LogP contribution in [0.1, 0.15) is 17.5 Å². The second kappa shape index (κ2) is 7.45. The van der Waals surface area contributed by atoms with Crippen molar-refractivity contribution in [3.8, 4) is 17.3 Å². The van der Waals surface area contributed by atoms with Gasteiger partial charge < -0.3 is 14.6 Å². The zero-order chi connectivity index (χ0) is 18.6. The number of rotatable bonds is 6. The Balaban J connectivity index is 1.34. The number of ether oxygens (including phenoxy) is 2. The van der Waals surface area contributed by atoms with Crippen LogP contribution < -0.4 is 9.47 Å². The Morgan fingerprint density at radius 1 is 1.33 bits per heavy atom. The molecule has 4 rings (SSSR count). The normalized spacial score (nSPS) is 15.6. The fourth-order valence-electron chi connectivity index (χ4n) is 2.95. The third-order valence-corrected chi connectivity index (χ3v) is 4.39. The lowest BCUT2D eigenvalue weighted by Gasteiger charge is -2.23. The first-order valence-corrected chi connectivity index (χ1v) is 8.64. The minimum atomic E-state index is -0.920. The van der Waals surface area contributed by atoms with Gasteiger partial charge in [-0.2, -0.15) is 5.10 Å². The Kier molecular flexibility index (Phi) is 4.69. The summed E-state index contributed by atoms with van der Waals surface area (Å²) in [6, 6.07) is 9.57. The molecule has 138 valence electrons. The Labute approximate surface area is 155 Å². The van der Waals surface area contributed by atoms with E-state index in [0.717, 1.165) is 11.1 Å². The van der Waals surface area contributed by atoms with Crippen LogP contribution in [0.25, 0.3) is 5.82 Å². The van der Waals surface area contributed by atoms with E-state index in [-0.39, 0.29) is 0 Å². The highest BCUT2D eigenvalue weighted by Gasteiger charge is 2.25. The van der Waals surface area contributed by atoms with Gasteiger partial charge in [0.05, 0.1) is 12.8 Å². The molecule has 0 radical (unpaired) electrons. The minimum absolute atomic E-state index is 0.478. The molecule has 1 atom stereocenters. The third-order valence-electron chi connectivity index (χ3n) is 4.39. The number of carboxylic acids is 1. The second-order valence-electron chi connectivity index (χ2n) is 6.22. The van der Waals surface area contributed by atoms with Crippen molar-refractivity contribution in [3.63, 3.8) is 0 Å². The molecule has 3 aromatic rings. The van der Waals surface area contributed by atoms with Crippen LogP contribution in [0.5, 0.6) is 11.5 Å². The number of aryl methyl sites for hydroxylation is 1. The van der Waals surface area contributed by atoms with Crippen LogP contribution in [0.4, 0.5) is 0 Å². The molecular weight excluding hydrogens is 348 g/mol. The summed E-state index contributed by atoms with van der Waals surface area (Å²) in [5, 5.41) is 13.1. The van der Waals surface area contributed by atoms with Gasteiger partial charge in [-0.3, -0.25) is 0 Å². The van der Waals surface area contributed by atoms with Gasteiger partial charge in [-0.1, -0.05) is 12.1 Å². The van der Waals surface area contributed by atoms with E-state index in [2.05, 4.69) is 15.1 Å². The molecule has 0 spiro atoms. The highest BCUT2D eigenvalue weighted by Crippen LogP contribution is 2.29. The molecule has 1 unspecified atom stereocenters. The van der Waals surface area contributed by atoms with Crippen molar-refractivity contribution in [2.45, 2.75) is 25.4 Å². The molecule has 0 bridgehead atoms. The van der Waals surface area contributed by atoms with E-state index in [9.17, 15) is 4.79 Å². The van der Waals surface area contributed by atoms with Crippen LogP contribution in [-0.2, 0) is 17.6 Å². The summed E-state index contributed by atoms with van der Waals surface area (Å²) in [7, 11) is 0. The van der Waals surface area contributed by atoms with Crippen molar-refractivity contribution in [3.05, 3.63) is 60.3 Å². The van der Waals surface area contributed by atoms with Crippen LogP contribution in [0.15, 0.2) is 49.2 Å². The summed E-state index contributed by atoms with van der Waals surface area (Å²) >= 11 is 0. The molecule has 3 heterocycles. The molecule has 27 heavy (non-hydrogen) atoms. The Hall–Kier alpha value is -3.42. The lowest BCUT2D eigenvalue weighted by Crippen LogP contribution is -2.30. The minimum Gasteiger partial charge on any atom is -0.492 e. The van der Waals surface area contributed by atoms with Gasteiger partial charge in [0.25, 0.3) is 0 Å². The second-order valence-corrected chi connectivity index (χ2v) is 6.22. The van der Waals surface area contributed by atoms with Gasteiger partial charge in [-0.25, -0.2) is 19.4 Å². The predicted octanol–water partition coefficient (Wildman–Crippen LogP) is 2.06. The topological polar surface area (TPSA) is 99.4 Å². The summed E-state index contributed by atoms with van der Waals surface area (Å²) in [5.41, 5.74) is 2.08. The number of pyridine rings is 1. The zero-order valence-electron chi connectivity index (χ0n) is 14.5. The van der Waals surface area contributed by atoms with Crippen LogP contribution in [-0.4, -0.2) is 43.5 Å². The number of aliphatic carboxylic acids is 1. The molecular formula is C19H18N4O4. The Morgan fingerprint density at radius 3 is 3.00 bits per heavy atom. The average Bonchev–Trinajstić information content (AvgIpc) is 3.23. The fraction of sp³-hybridized carbons (Fsp3) is 0.263. The molecule has 1 aromatic carbocycles. The summed E-state index contributed by atoms with van der Waals surface area (Å²) in [4.78, 5) is 19.3. The molecule has 0 fully saturated rings. The van der Waals surface area contributed by atoms with Gasteiger partial charge in [-0.05, 0) is 42.2 Å². The maximum absolute atomic E-state index is 11.1. The molecule has 0 amide bonds. The first-order chi connectivity index (χ1) is 13.2. The van der Waals surface area contributed by atoms with Crippen molar-refractivity contribution in [2.24, 2.45) is 0 Å². The number of hydrogen-bond donors (Lipinski definition) is 1. The van der Waals surface area contributed by atoms with Crippen molar-refractivity contribution in [2.75, 3.05) is 6.61 Å². The Morgan fingerprint density at radius 2 is 2.26 bits per heavy atom. The highest BCUT2D eigenvalue weighted by atomic mass is 16.5. The predicted molar refractivity (Wildman–Crippen MR) is 95.2 cm³/mol. The smallest absolute Gasteiger partial charge is 0.344 e. The molecule has 0 saturated carbocycles. The number of benzene rings is 1. The van der Waals surface area contributed by atoms with E-state index in [1.165, 1.54) is 6.33 Å². The molecule has 8 heteroatoms. The zero-order valence-corrected chi connectivity index (χ0v) is 14.5. The summed E-state index contributed by atoms with van der Waals surface area (Å²) in [6.07, 6.45) is 5.81. The van der Waals surface area contributed by atoms with Crippen molar-refractivity contribution in [1.29, 1.82) is 0 Å². The molecule has 1 aliphatic heterocycles. The lowest BCUT2D eigenvalue weighted by atomic mass is 9.99. The molecule has 2 aromatic heterocycles. The van der Waals surface area contributed by atoms with Crippen molar-refractivity contribution in [1.82, 2.24) is 19.7 Å². The van der Waals surface area contributed by atoms with Crippen molar-refractivity contribution < 1.29 is 19.4 Å². The fourth-order valence-corrected chi connectivity index (χ4v) is 2.95. The largest absolute Gasteiger partial charge is 0.492 e.